The summed E-state index contributed by atoms with van der Waals surface area (Å²) in [5, 5.41) is 0.555. The van der Waals surface area contributed by atoms with Gasteiger partial charge in [-0.3, -0.25) is 0 Å². The van der Waals surface area contributed by atoms with Gasteiger partial charge in [-0.2, -0.15) is 11.8 Å². The summed E-state index contributed by atoms with van der Waals surface area (Å²) in [5.41, 5.74) is 2.81. The van der Waals surface area contributed by atoms with Crippen molar-refractivity contribution < 1.29 is 4.74 Å². The lowest BCUT2D eigenvalue weighted by Crippen LogP contribution is -2.35. The Bertz CT molecular complexity index is 587. The van der Waals surface area contributed by atoms with Crippen molar-refractivity contribution in [3.8, 4) is 5.75 Å². The van der Waals surface area contributed by atoms with Crippen LogP contribution in [0.4, 0.5) is 0 Å². The van der Waals surface area contributed by atoms with E-state index < -0.39 is 0 Å². The monoisotopic (exact) mass is 313 g/mol. The first-order valence-electron chi connectivity index (χ1n) is 7.87. The van der Waals surface area contributed by atoms with Gasteiger partial charge in [-0.15, -0.1) is 0 Å². The van der Waals surface area contributed by atoms with Crippen LogP contribution in [0, 0.1) is 0 Å². The molecule has 116 valence electrons. The van der Waals surface area contributed by atoms with Crippen molar-refractivity contribution in [3.63, 3.8) is 0 Å². The van der Waals surface area contributed by atoms with Crippen LogP contribution in [0.25, 0.3) is 0 Å². The summed E-state index contributed by atoms with van der Waals surface area (Å²) < 4.78 is 5.35. The Morgan fingerprint density at radius 3 is 2.82 bits per heavy atom. The third kappa shape index (κ3) is 4.05. The third-order valence-electron chi connectivity index (χ3n) is 4.18. The number of benzene rings is 2. The second-order valence-corrected chi connectivity index (χ2v) is 6.98. The number of hydrogen-bond acceptors (Lipinski definition) is 3. The van der Waals surface area contributed by atoms with Crippen molar-refractivity contribution in [2.75, 3.05) is 32.5 Å². The lowest BCUT2D eigenvalue weighted by molar-refractivity contribution is 0.287. The van der Waals surface area contributed by atoms with Crippen LogP contribution >= 0.6 is 11.8 Å². The first-order valence-corrected chi connectivity index (χ1v) is 8.92. The minimum atomic E-state index is 0.555. The molecule has 1 atom stereocenters. The van der Waals surface area contributed by atoms with Crippen molar-refractivity contribution in [3.05, 3.63) is 65.7 Å². The van der Waals surface area contributed by atoms with Crippen LogP contribution in [0.3, 0.4) is 0 Å². The Balaban J connectivity index is 1.59. The van der Waals surface area contributed by atoms with Gasteiger partial charge in [0.1, 0.15) is 5.75 Å². The molecule has 0 aliphatic carbocycles. The molecule has 2 aromatic carbocycles. The van der Waals surface area contributed by atoms with Gasteiger partial charge in [-0.05, 0) is 29.7 Å². The van der Waals surface area contributed by atoms with Crippen LogP contribution in [0.2, 0.25) is 0 Å². The van der Waals surface area contributed by atoms with Gasteiger partial charge in [-0.1, -0.05) is 42.5 Å². The fraction of sp³-hybridized carbons (Fsp3) is 0.368. The minimum absolute atomic E-state index is 0.555. The maximum absolute atomic E-state index is 5.35. The van der Waals surface area contributed by atoms with Crippen molar-refractivity contribution >= 4 is 11.8 Å². The van der Waals surface area contributed by atoms with Crippen molar-refractivity contribution in [1.29, 1.82) is 0 Å². The zero-order valence-corrected chi connectivity index (χ0v) is 13.9. The molecule has 22 heavy (non-hydrogen) atoms. The fourth-order valence-corrected chi connectivity index (χ4v) is 4.18. The lowest BCUT2D eigenvalue weighted by Gasteiger charge is -2.32. The van der Waals surface area contributed by atoms with E-state index in [1.165, 1.54) is 23.4 Å². The molecule has 1 aliphatic heterocycles. The Morgan fingerprint density at radius 1 is 1.14 bits per heavy atom. The quantitative estimate of drug-likeness (QED) is 0.827. The van der Waals surface area contributed by atoms with Gasteiger partial charge in [0.05, 0.1) is 7.11 Å². The summed E-state index contributed by atoms with van der Waals surface area (Å²) >= 11 is 2.06. The molecule has 0 amide bonds. The molecule has 1 heterocycles. The molecule has 1 aliphatic rings. The van der Waals surface area contributed by atoms with Crippen molar-refractivity contribution in [1.82, 2.24) is 4.90 Å². The second kappa shape index (κ2) is 7.70. The van der Waals surface area contributed by atoms with Gasteiger partial charge >= 0.3 is 0 Å². The summed E-state index contributed by atoms with van der Waals surface area (Å²) in [5.74, 6) is 2.16. The highest BCUT2D eigenvalue weighted by molar-refractivity contribution is 7.99. The van der Waals surface area contributed by atoms with Gasteiger partial charge in [0.25, 0.3) is 0 Å². The number of nitrogens with zero attached hydrogens (tertiary/aromatic N) is 1. The third-order valence-corrected chi connectivity index (χ3v) is 5.42. The molecule has 3 rings (SSSR count). The summed E-state index contributed by atoms with van der Waals surface area (Å²) in [6.07, 6.45) is 1.14. The molecular formula is C19H23NOS. The lowest BCUT2D eigenvalue weighted by atomic mass is 10.1. The largest absolute Gasteiger partial charge is 0.497 e. The standard InChI is InChI=1S/C19H23NOS/c1-21-18-9-5-8-17(14-18)19-15-20(12-13-22-19)11-10-16-6-3-2-4-7-16/h2-9,14,19H,10-13,15H2,1H3. The SMILES string of the molecule is COc1cccc(C2CN(CCc3ccccc3)CCS2)c1. The average Bonchev–Trinajstić information content (AvgIpc) is 2.61. The summed E-state index contributed by atoms with van der Waals surface area (Å²) in [7, 11) is 1.74. The zero-order chi connectivity index (χ0) is 15.2. The van der Waals surface area contributed by atoms with Gasteiger partial charge in [0, 0.05) is 30.6 Å². The highest BCUT2D eigenvalue weighted by Crippen LogP contribution is 2.34. The summed E-state index contributed by atoms with van der Waals surface area (Å²) in [6.45, 7) is 3.47. The first-order chi connectivity index (χ1) is 10.8. The molecule has 0 bridgehead atoms. The normalized spacial score (nSPS) is 19.0. The van der Waals surface area contributed by atoms with E-state index >= 15 is 0 Å². The maximum Gasteiger partial charge on any atom is 0.119 e. The molecule has 1 unspecified atom stereocenters. The number of hydrogen-bond donors (Lipinski definition) is 0. The Hall–Kier alpha value is -1.45. The molecule has 0 N–H and O–H groups in total. The molecule has 0 spiro atoms. The van der Waals surface area contributed by atoms with Gasteiger partial charge in [-0.25, -0.2) is 0 Å². The van der Waals surface area contributed by atoms with Crippen LogP contribution in [0.15, 0.2) is 54.6 Å². The fourth-order valence-electron chi connectivity index (χ4n) is 2.88. The Labute approximate surface area is 137 Å². The smallest absolute Gasteiger partial charge is 0.119 e. The minimum Gasteiger partial charge on any atom is -0.497 e. The molecule has 1 fully saturated rings. The predicted molar refractivity (Wildman–Crippen MR) is 94.8 cm³/mol. The van der Waals surface area contributed by atoms with Crippen LogP contribution < -0.4 is 4.74 Å². The van der Waals surface area contributed by atoms with Crippen LogP contribution in [0.1, 0.15) is 16.4 Å². The zero-order valence-electron chi connectivity index (χ0n) is 13.1. The van der Waals surface area contributed by atoms with E-state index in [1.807, 2.05) is 6.07 Å². The summed E-state index contributed by atoms with van der Waals surface area (Å²) in [6, 6.07) is 19.3. The number of rotatable bonds is 5. The molecule has 0 saturated carbocycles. The summed E-state index contributed by atoms with van der Waals surface area (Å²) in [4.78, 5) is 2.59. The number of ether oxygens (including phenoxy) is 1. The molecule has 1 saturated heterocycles. The van der Waals surface area contributed by atoms with E-state index in [1.54, 1.807) is 7.11 Å². The van der Waals surface area contributed by atoms with E-state index in [4.69, 9.17) is 4.74 Å². The molecule has 0 aromatic heterocycles. The van der Waals surface area contributed by atoms with E-state index in [0.29, 0.717) is 5.25 Å². The average molecular weight is 313 g/mol. The maximum atomic E-state index is 5.35. The molecule has 2 nitrogen and oxygen atoms in total. The Morgan fingerprint density at radius 2 is 2.00 bits per heavy atom. The van der Waals surface area contributed by atoms with Crippen LogP contribution in [-0.4, -0.2) is 37.4 Å². The van der Waals surface area contributed by atoms with Gasteiger partial charge < -0.3 is 9.64 Å². The topological polar surface area (TPSA) is 12.5 Å². The van der Waals surface area contributed by atoms with Crippen molar-refractivity contribution in [2.45, 2.75) is 11.7 Å². The first kappa shape index (κ1) is 15.4. The predicted octanol–water partition coefficient (Wildman–Crippen LogP) is 4.03. The van der Waals surface area contributed by atoms with Crippen LogP contribution in [0.5, 0.6) is 5.75 Å². The Kier molecular flexibility index (Phi) is 5.41. The number of methoxy groups -OCH3 is 1. The number of thioether (sulfide) groups is 1. The van der Waals surface area contributed by atoms with E-state index in [0.717, 1.165) is 25.3 Å². The van der Waals surface area contributed by atoms with E-state index in [2.05, 4.69) is 65.2 Å². The highest BCUT2D eigenvalue weighted by Gasteiger charge is 2.21. The molecule has 2 aromatic rings. The second-order valence-electron chi connectivity index (χ2n) is 5.67. The van der Waals surface area contributed by atoms with E-state index in [-0.39, 0.29) is 0 Å². The molecule has 0 radical (unpaired) electrons. The van der Waals surface area contributed by atoms with E-state index in [9.17, 15) is 0 Å². The van der Waals surface area contributed by atoms with Gasteiger partial charge in [0.2, 0.25) is 0 Å². The molecule has 3 heteroatoms. The van der Waals surface area contributed by atoms with Gasteiger partial charge in [0.15, 0.2) is 0 Å². The highest BCUT2D eigenvalue weighted by atomic mass is 32.2. The van der Waals surface area contributed by atoms with Crippen molar-refractivity contribution in [2.24, 2.45) is 0 Å². The molecular weight excluding hydrogens is 290 g/mol. The van der Waals surface area contributed by atoms with Crippen LogP contribution in [-0.2, 0) is 6.42 Å².